The van der Waals surface area contributed by atoms with Gasteiger partial charge in [0.2, 0.25) is 10.0 Å². The zero-order chi connectivity index (χ0) is 13.8. The Morgan fingerprint density at radius 3 is 2.44 bits per heavy atom. The summed E-state index contributed by atoms with van der Waals surface area (Å²) in [5, 5.41) is 0. The van der Waals surface area contributed by atoms with Gasteiger partial charge in [-0.2, -0.15) is 0 Å². The first-order valence-corrected chi connectivity index (χ1v) is 7.25. The minimum atomic E-state index is -3.84. The summed E-state index contributed by atoms with van der Waals surface area (Å²) in [4.78, 5) is 0. The molecule has 1 aromatic carbocycles. The number of unbranched alkanes of at least 4 members (excludes halogenated alkanes) is 1. The van der Waals surface area contributed by atoms with Crippen LogP contribution in [0.15, 0.2) is 12.1 Å². The Kier molecular flexibility index (Phi) is 5.28. The standard InChI is InChI=1S/C10H11ClF3NO2S/c11-3-1-2-4-18(16,17)15-9-6-7(12)5-8(13)10(9)14/h5-6,15H,1-4H2. The minimum Gasteiger partial charge on any atom is -0.280 e. The predicted molar refractivity (Wildman–Crippen MR) is 63.7 cm³/mol. The summed E-state index contributed by atoms with van der Waals surface area (Å²) in [6.45, 7) is 0. The first-order chi connectivity index (χ1) is 8.35. The maximum Gasteiger partial charge on any atom is 0.232 e. The summed E-state index contributed by atoms with van der Waals surface area (Å²) in [7, 11) is -3.84. The van der Waals surface area contributed by atoms with Crippen LogP contribution >= 0.6 is 11.6 Å². The minimum absolute atomic E-state index is 0.276. The number of hydrogen-bond donors (Lipinski definition) is 1. The number of hydrogen-bond acceptors (Lipinski definition) is 2. The molecule has 0 aromatic heterocycles. The number of halogens is 4. The monoisotopic (exact) mass is 301 g/mol. The molecule has 0 spiro atoms. The van der Waals surface area contributed by atoms with Crippen molar-refractivity contribution in [3.8, 4) is 0 Å². The Morgan fingerprint density at radius 2 is 1.83 bits per heavy atom. The van der Waals surface area contributed by atoms with E-state index in [4.69, 9.17) is 11.6 Å². The van der Waals surface area contributed by atoms with E-state index < -0.39 is 33.2 Å². The van der Waals surface area contributed by atoms with Crippen molar-refractivity contribution in [2.45, 2.75) is 12.8 Å². The van der Waals surface area contributed by atoms with Gasteiger partial charge in [-0.05, 0) is 12.8 Å². The van der Waals surface area contributed by atoms with Crippen LogP contribution in [0.2, 0.25) is 0 Å². The summed E-state index contributed by atoms with van der Waals surface area (Å²) >= 11 is 5.38. The molecule has 1 rings (SSSR count). The SMILES string of the molecule is O=S(=O)(CCCCCl)Nc1cc(F)cc(F)c1F. The Hall–Kier alpha value is -0.950. The van der Waals surface area contributed by atoms with Crippen LogP contribution in [0.3, 0.4) is 0 Å². The van der Waals surface area contributed by atoms with Gasteiger partial charge >= 0.3 is 0 Å². The lowest BCUT2D eigenvalue weighted by Gasteiger charge is -2.09. The molecule has 0 saturated carbocycles. The quantitative estimate of drug-likeness (QED) is 0.499. The van der Waals surface area contributed by atoms with Crippen molar-refractivity contribution in [1.82, 2.24) is 0 Å². The lowest BCUT2D eigenvalue weighted by atomic mass is 10.3. The van der Waals surface area contributed by atoms with Crippen LogP contribution in [0.4, 0.5) is 18.9 Å². The fraction of sp³-hybridized carbons (Fsp3) is 0.400. The zero-order valence-electron chi connectivity index (χ0n) is 9.22. The van der Waals surface area contributed by atoms with E-state index in [9.17, 15) is 21.6 Å². The molecule has 0 atom stereocenters. The summed E-state index contributed by atoms with van der Waals surface area (Å²) in [6, 6.07) is 0.915. The predicted octanol–water partition coefficient (Wildman–Crippen LogP) is 2.86. The number of nitrogens with one attached hydrogen (secondary N) is 1. The fourth-order valence-electron chi connectivity index (χ4n) is 1.24. The van der Waals surface area contributed by atoms with E-state index in [1.807, 2.05) is 0 Å². The molecule has 0 heterocycles. The van der Waals surface area contributed by atoms with Crippen molar-refractivity contribution in [2.75, 3.05) is 16.4 Å². The van der Waals surface area contributed by atoms with Crippen LogP contribution in [0.1, 0.15) is 12.8 Å². The topological polar surface area (TPSA) is 46.2 Å². The first-order valence-electron chi connectivity index (χ1n) is 5.07. The summed E-state index contributed by atoms with van der Waals surface area (Å²) < 4.78 is 63.7. The molecule has 0 aliphatic rings. The first kappa shape index (κ1) is 15.1. The molecule has 8 heteroatoms. The molecular weight excluding hydrogens is 291 g/mol. The molecule has 3 nitrogen and oxygen atoms in total. The number of rotatable bonds is 6. The molecule has 1 N–H and O–H groups in total. The number of anilines is 1. The Labute approximate surface area is 108 Å². The largest absolute Gasteiger partial charge is 0.280 e. The Balaban J connectivity index is 2.84. The maximum atomic E-state index is 13.2. The summed E-state index contributed by atoms with van der Waals surface area (Å²) in [5.41, 5.74) is -0.738. The van der Waals surface area contributed by atoms with Crippen molar-refractivity contribution in [2.24, 2.45) is 0 Å². The lowest BCUT2D eigenvalue weighted by Crippen LogP contribution is -2.18. The molecule has 0 saturated heterocycles. The lowest BCUT2D eigenvalue weighted by molar-refractivity contribution is 0.498. The van der Waals surface area contributed by atoms with Crippen molar-refractivity contribution in [3.63, 3.8) is 0 Å². The van der Waals surface area contributed by atoms with Crippen LogP contribution in [0, 0.1) is 17.5 Å². The van der Waals surface area contributed by atoms with Crippen molar-refractivity contribution in [1.29, 1.82) is 0 Å². The molecular formula is C10H11ClF3NO2S. The van der Waals surface area contributed by atoms with E-state index in [1.165, 1.54) is 0 Å². The summed E-state index contributed by atoms with van der Waals surface area (Å²) in [5.74, 6) is -3.94. The van der Waals surface area contributed by atoms with Gasteiger partial charge < -0.3 is 0 Å². The highest BCUT2D eigenvalue weighted by molar-refractivity contribution is 7.92. The second-order valence-electron chi connectivity index (χ2n) is 3.57. The number of benzene rings is 1. The van der Waals surface area contributed by atoms with E-state index in [-0.39, 0.29) is 12.2 Å². The average molecular weight is 302 g/mol. The van der Waals surface area contributed by atoms with Gasteiger partial charge in [-0.15, -0.1) is 11.6 Å². The Morgan fingerprint density at radius 1 is 1.17 bits per heavy atom. The van der Waals surface area contributed by atoms with Crippen LogP contribution in [0.25, 0.3) is 0 Å². The normalized spacial score (nSPS) is 11.6. The molecule has 0 aliphatic heterocycles. The molecule has 0 radical (unpaired) electrons. The highest BCUT2D eigenvalue weighted by Crippen LogP contribution is 2.20. The van der Waals surface area contributed by atoms with Crippen LogP contribution in [-0.2, 0) is 10.0 Å². The van der Waals surface area contributed by atoms with E-state index in [0.717, 1.165) is 0 Å². The van der Waals surface area contributed by atoms with Crippen molar-refractivity contribution >= 4 is 27.3 Å². The number of sulfonamides is 1. The van der Waals surface area contributed by atoms with E-state index in [1.54, 1.807) is 4.72 Å². The second kappa shape index (κ2) is 6.29. The van der Waals surface area contributed by atoms with E-state index in [2.05, 4.69) is 0 Å². The molecule has 0 unspecified atom stereocenters. The third kappa shape index (κ3) is 4.38. The van der Waals surface area contributed by atoms with Gasteiger partial charge in [-0.3, -0.25) is 4.72 Å². The molecule has 102 valence electrons. The van der Waals surface area contributed by atoms with Crippen LogP contribution in [0.5, 0.6) is 0 Å². The maximum absolute atomic E-state index is 13.2. The van der Waals surface area contributed by atoms with Crippen LogP contribution < -0.4 is 4.72 Å². The van der Waals surface area contributed by atoms with Crippen molar-refractivity contribution in [3.05, 3.63) is 29.6 Å². The molecule has 0 bridgehead atoms. The highest BCUT2D eigenvalue weighted by atomic mass is 35.5. The van der Waals surface area contributed by atoms with Gasteiger partial charge in [0, 0.05) is 18.0 Å². The van der Waals surface area contributed by atoms with Gasteiger partial charge in [0.05, 0.1) is 11.4 Å². The van der Waals surface area contributed by atoms with Crippen LogP contribution in [-0.4, -0.2) is 20.1 Å². The van der Waals surface area contributed by atoms with Gasteiger partial charge in [-0.1, -0.05) is 0 Å². The molecule has 18 heavy (non-hydrogen) atoms. The highest BCUT2D eigenvalue weighted by Gasteiger charge is 2.16. The van der Waals surface area contributed by atoms with Gasteiger partial charge in [-0.25, -0.2) is 21.6 Å². The van der Waals surface area contributed by atoms with Gasteiger partial charge in [0.15, 0.2) is 11.6 Å². The Bertz CT molecular complexity index is 522. The molecule has 0 amide bonds. The van der Waals surface area contributed by atoms with Gasteiger partial charge in [0.25, 0.3) is 0 Å². The van der Waals surface area contributed by atoms with Gasteiger partial charge in [0.1, 0.15) is 5.82 Å². The smallest absolute Gasteiger partial charge is 0.232 e. The molecule has 0 fully saturated rings. The van der Waals surface area contributed by atoms with Crippen molar-refractivity contribution < 1.29 is 21.6 Å². The third-order valence-electron chi connectivity index (χ3n) is 2.06. The second-order valence-corrected chi connectivity index (χ2v) is 5.79. The van der Waals surface area contributed by atoms with E-state index in [0.29, 0.717) is 24.4 Å². The summed E-state index contributed by atoms with van der Waals surface area (Å²) in [6.07, 6.45) is 0.751. The zero-order valence-corrected chi connectivity index (χ0v) is 10.8. The molecule has 0 aliphatic carbocycles. The number of alkyl halides is 1. The van der Waals surface area contributed by atoms with E-state index >= 15 is 0 Å². The fourth-order valence-corrected chi connectivity index (χ4v) is 2.59. The molecule has 1 aromatic rings. The third-order valence-corrected chi connectivity index (χ3v) is 3.68. The average Bonchev–Trinajstić information content (AvgIpc) is 2.25.